The number of unbranched alkanes of at least 4 members (excludes halogenated alkanes) is 2. The van der Waals surface area contributed by atoms with Crippen LogP contribution in [0.3, 0.4) is 0 Å². The zero-order valence-corrected chi connectivity index (χ0v) is 9.38. The summed E-state index contributed by atoms with van der Waals surface area (Å²) in [5.74, 6) is 0. The predicted molar refractivity (Wildman–Crippen MR) is 60.6 cm³/mol. The summed E-state index contributed by atoms with van der Waals surface area (Å²) in [6, 6.07) is 0. The highest BCUT2D eigenvalue weighted by Crippen LogP contribution is 2.10. The minimum absolute atomic E-state index is 1.36. The summed E-state index contributed by atoms with van der Waals surface area (Å²) < 4.78 is 0. The molecule has 2 aliphatic heterocycles. The second-order valence-electron chi connectivity index (χ2n) is 4.80. The Morgan fingerprint density at radius 1 is 0.571 bits per heavy atom. The van der Waals surface area contributed by atoms with Crippen molar-refractivity contribution in [1.29, 1.82) is 0 Å². The van der Waals surface area contributed by atoms with E-state index in [1.54, 1.807) is 0 Å². The van der Waals surface area contributed by atoms with Gasteiger partial charge in [0.1, 0.15) is 0 Å². The van der Waals surface area contributed by atoms with Crippen LogP contribution < -0.4 is 0 Å². The summed E-state index contributed by atoms with van der Waals surface area (Å²) >= 11 is 0. The Morgan fingerprint density at radius 2 is 1.07 bits per heavy atom. The van der Waals surface area contributed by atoms with Gasteiger partial charge in [0, 0.05) is 0 Å². The molecule has 0 radical (unpaired) electrons. The molecule has 0 N–H and O–H groups in total. The minimum atomic E-state index is 1.36. The number of rotatable bonds is 6. The van der Waals surface area contributed by atoms with E-state index in [9.17, 15) is 0 Å². The quantitative estimate of drug-likeness (QED) is 0.599. The van der Waals surface area contributed by atoms with Crippen LogP contribution in [0, 0.1) is 0 Å². The lowest BCUT2D eigenvalue weighted by Gasteiger charge is -2.30. The van der Waals surface area contributed by atoms with E-state index < -0.39 is 0 Å². The SMILES string of the molecule is C(CCN1CCCC1)CCN1CCC1. The summed E-state index contributed by atoms with van der Waals surface area (Å²) in [5, 5.41) is 0. The molecule has 2 aliphatic rings. The lowest BCUT2D eigenvalue weighted by molar-refractivity contribution is 0.177. The van der Waals surface area contributed by atoms with Crippen LogP contribution in [0.1, 0.15) is 38.5 Å². The van der Waals surface area contributed by atoms with Crippen LogP contribution in [-0.2, 0) is 0 Å². The third-order valence-corrected chi connectivity index (χ3v) is 3.60. The van der Waals surface area contributed by atoms with E-state index in [1.807, 2.05) is 0 Å². The third kappa shape index (κ3) is 3.25. The van der Waals surface area contributed by atoms with Gasteiger partial charge in [-0.3, -0.25) is 0 Å². The molecule has 2 nitrogen and oxygen atoms in total. The Morgan fingerprint density at radius 3 is 1.50 bits per heavy atom. The van der Waals surface area contributed by atoms with Crippen molar-refractivity contribution in [2.24, 2.45) is 0 Å². The standard InChI is InChI=1S/C12H24N2/c1(3-8-14-11-6-12-14)2-7-13-9-4-5-10-13/h1-12H2. The lowest BCUT2D eigenvalue weighted by Crippen LogP contribution is -2.37. The molecule has 2 heterocycles. The molecule has 0 aromatic rings. The van der Waals surface area contributed by atoms with Gasteiger partial charge in [-0.05, 0) is 71.4 Å². The molecule has 0 amide bonds. The first kappa shape index (κ1) is 10.4. The molecule has 2 fully saturated rings. The summed E-state index contributed by atoms with van der Waals surface area (Å²) in [4.78, 5) is 5.21. The fraction of sp³-hybridized carbons (Fsp3) is 1.00. The highest BCUT2D eigenvalue weighted by molar-refractivity contribution is 4.69. The van der Waals surface area contributed by atoms with E-state index in [4.69, 9.17) is 0 Å². The molecule has 14 heavy (non-hydrogen) atoms. The fourth-order valence-electron chi connectivity index (χ4n) is 2.46. The van der Waals surface area contributed by atoms with E-state index in [2.05, 4.69) is 9.80 Å². The molecule has 0 unspecified atom stereocenters. The third-order valence-electron chi connectivity index (χ3n) is 3.60. The number of likely N-dealkylation sites (tertiary alicyclic amines) is 2. The van der Waals surface area contributed by atoms with Gasteiger partial charge in [0.25, 0.3) is 0 Å². The van der Waals surface area contributed by atoms with Crippen LogP contribution in [0.5, 0.6) is 0 Å². The first-order valence-corrected chi connectivity index (χ1v) is 6.40. The molecule has 0 aliphatic carbocycles. The second-order valence-corrected chi connectivity index (χ2v) is 4.80. The smallest absolute Gasteiger partial charge is 0.000654 e. The van der Waals surface area contributed by atoms with E-state index in [-0.39, 0.29) is 0 Å². The summed E-state index contributed by atoms with van der Waals surface area (Å²) in [6.45, 7) is 8.19. The monoisotopic (exact) mass is 196 g/mol. The summed E-state index contributed by atoms with van der Waals surface area (Å²) in [6.07, 6.45) is 8.60. The Bertz CT molecular complexity index is 148. The van der Waals surface area contributed by atoms with Crippen LogP contribution in [0.25, 0.3) is 0 Å². The van der Waals surface area contributed by atoms with Gasteiger partial charge in [0.15, 0.2) is 0 Å². The summed E-state index contributed by atoms with van der Waals surface area (Å²) in [5.41, 5.74) is 0. The van der Waals surface area contributed by atoms with Crippen molar-refractivity contribution < 1.29 is 0 Å². The van der Waals surface area contributed by atoms with Crippen molar-refractivity contribution >= 4 is 0 Å². The first-order chi connectivity index (χ1) is 6.95. The molecule has 0 aromatic heterocycles. The number of hydrogen-bond acceptors (Lipinski definition) is 2. The van der Waals surface area contributed by atoms with Crippen molar-refractivity contribution in [3.05, 3.63) is 0 Å². The second kappa shape index (κ2) is 5.72. The fourth-order valence-corrected chi connectivity index (χ4v) is 2.46. The van der Waals surface area contributed by atoms with Crippen LogP contribution >= 0.6 is 0 Å². The number of hydrogen-bond donors (Lipinski definition) is 0. The van der Waals surface area contributed by atoms with Crippen molar-refractivity contribution in [1.82, 2.24) is 9.80 Å². The molecule has 0 atom stereocenters. The van der Waals surface area contributed by atoms with Crippen LogP contribution in [0.15, 0.2) is 0 Å². The molecular weight excluding hydrogens is 172 g/mol. The molecule has 0 spiro atoms. The Labute approximate surface area is 88.3 Å². The highest BCUT2D eigenvalue weighted by Gasteiger charge is 2.13. The van der Waals surface area contributed by atoms with Crippen molar-refractivity contribution in [2.45, 2.75) is 38.5 Å². The van der Waals surface area contributed by atoms with Gasteiger partial charge in [0.2, 0.25) is 0 Å². The zero-order chi connectivity index (χ0) is 9.64. The maximum absolute atomic E-state index is 2.63. The topological polar surface area (TPSA) is 6.48 Å². The summed E-state index contributed by atoms with van der Waals surface area (Å²) in [7, 11) is 0. The predicted octanol–water partition coefficient (Wildman–Crippen LogP) is 1.96. The zero-order valence-electron chi connectivity index (χ0n) is 9.38. The van der Waals surface area contributed by atoms with E-state index in [0.717, 1.165) is 0 Å². The molecular formula is C12H24N2. The first-order valence-electron chi connectivity index (χ1n) is 6.40. The molecule has 0 bridgehead atoms. The van der Waals surface area contributed by atoms with Gasteiger partial charge >= 0.3 is 0 Å². The van der Waals surface area contributed by atoms with Gasteiger partial charge in [0.05, 0.1) is 0 Å². The maximum Gasteiger partial charge on any atom is -0.000654 e. The molecule has 2 saturated heterocycles. The van der Waals surface area contributed by atoms with Gasteiger partial charge in [-0.25, -0.2) is 0 Å². The average molecular weight is 196 g/mol. The lowest BCUT2D eigenvalue weighted by atomic mass is 10.1. The van der Waals surface area contributed by atoms with Gasteiger partial charge in [-0.15, -0.1) is 0 Å². The van der Waals surface area contributed by atoms with E-state index in [1.165, 1.54) is 77.8 Å². The van der Waals surface area contributed by atoms with Crippen molar-refractivity contribution in [3.8, 4) is 0 Å². The van der Waals surface area contributed by atoms with Gasteiger partial charge in [-0.1, -0.05) is 6.42 Å². The molecule has 0 saturated carbocycles. The maximum atomic E-state index is 2.63. The Balaban J connectivity index is 1.39. The minimum Gasteiger partial charge on any atom is -0.303 e. The Kier molecular flexibility index (Phi) is 4.26. The largest absolute Gasteiger partial charge is 0.303 e. The Hall–Kier alpha value is -0.0800. The highest BCUT2D eigenvalue weighted by atomic mass is 15.2. The normalized spacial score (nSPS) is 24.0. The van der Waals surface area contributed by atoms with Crippen molar-refractivity contribution in [3.63, 3.8) is 0 Å². The van der Waals surface area contributed by atoms with E-state index >= 15 is 0 Å². The van der Waals surface area contributed by atoms with E-state index in [0.29, 0.717) is 0 Å². The molecule has 2 rings (SSSR count). The van der Waals surface area contributed by atoms with Crippen LogP contribution in [-0.4, -0.2) is 49.1 Å². The molecule has 82 valence electrons. The van der Waals surface area contributed by atoms with Gasteiger partial charge < -0.3 is 9.80 Å². The number of nitrogens with zero attached hydrogens (tertiary/aromatic N) is 2. The van der Waals surface area contributed by atoms with Gasteiger partial charge in [-0.2, -0.15) is 0 Å². The van der Waals surface area contributed by atoms with Crippen LogP contribution in [0.2, 0.25) is 0 Å². The average Bonchev–Trinajstić information content (AvgIpc) is 2.60. The molecule has 0 aromatic carbocycles. The van der Waals surface area contributed by atoms with Crippen LogP contribution in [0.4, 0.5) is 0 Å². The van der Waals surface area contributed by atoms with Crippen molar-refractivity contribution in [2.75, 3.05) is 39.3 Å². The molecule has 2 heteroatoms.